The summed E-state index contributed by atoms with van der Waals surface area (Å²) in [5.74, 6) is -0.510. The lowest BCUT2D eigenvalue weighted by Gasteiger charge is -2.13. The topological polar surface area (TPSA) is 92.5 Å². The molecule has 2 rings (SSSR count). The first-order valence-corrected chi connectivity index (χ1v) is 6.55. The van der Waals surface area contributed by atoms with Crippen LogP contribution in [0.5, 0.6) is 0 Å². The quantitative estimate of drug-likeness (QED) is 0.481. The molecular formula is C14H18ClN3O3. The molecule has 0 unspecified atom stereocenters. The van der Waals surface area contributed by atoms with Gasteiger partial charge in [0.2, 0.25) is 11.8 Å². The van der Waals surface area contributed by atoms with Crippen molar-refractivity contribution in [1.29, 1.82) is 0 Å². The van der Waals surface area contributed by atoms with Gasteiger partial charge in [-0.1, -0.05) is 12.1 Å². The summed E-state index contributed by atoms with van der Waals surface area (Å²) < 4.78 is 0. The Kier molecular flexibility index (Phi) is 6.17. The summed E-state index contributed by atoms with van der Waals surface area (Å²) in [6.45, 7) is 0.743. The third-order valence-corrected chi connectivity index (χ3v) is 3.20. The lowest BCUT2D eigenvalue weighted by molar-refractivity contribution is -0.138. The third kappa shape index (κ3) is 4.19. The Morgan fingerprint density at radius 2 is 1.81 bits per heavy atom. The minimum absolute atomic E-state index is 0. The van der Waals surface area contributed by atoms with Crippen molar-refractivity contribution in [1.82, 2.24) is 10.2 Å². The van der Waals surface area contributed by atoms with Crippen LogP contribution in [0.15, 0.2) is 24.3 Å². The van der Waals surface area contributed by atoms with Crippen molar-refractivity contribution in [2.24, 2.45) is 0 Å². The highest BCUT2D eigenvalue weighted by atomic mass is 35.5. The Bertz CT molecular complexity index is 532. The Balaban J connectivity index is 0.00000220. The van der Waals surface area contributed by atoms with Gasteiger partial charge in [0.25, 0.3) is 5.91 Å². The molecule has 1 fully saturated rings. The highest BCUT2D eigenvalue weighted by molar-refractivity contribution is 6.02. The van der Waals surface area contributed by atoms with Crippen LogP contribution in [0, 0.1) is 0 Å². The van der Waals surface area contributed by atoms with Gasteiger partial charge in [0, 0.05) is 31.6 Å². The first-order chi connectivity index (χ1) is 9.59. The molecule has 1 aromatic carbocycles. The predicted octanol–water partition coefficient (Wildman–Crippen LogP) is 0.959. The van der Waals surface area contributed by atoms with Crippen molar-refractivity contribution in [3.63, 3.8) is 0 Å². The zero-order valence-corrected chi connectivity index (χ0v) is 12.3. The molecule has 3 amide bonds. The van der Waals surface area contributed by atoms with E-state index in [1.54, 1.807) is 24.3 Å². The van der Waals surface area contributed by atoms with Crippen LogP contribution in [-0.4, -0.2) is 35.7 Å². The van der Waals surface area contributed by atoms with Gasteiger partial charge in [-0.3, -0.25) is 19.3 Å². The molecule has 1 heterocycles. The van der Waals surface area contributed by atoms with Gasteiger partial charge in [-0.25, -0.2) is 0 Å². The van der Waals surface area contributed by atoms with Gasteiger partial charge in [0.05, 0.1) is 5.56 Å². The predicted molar refractivity (Wildman–Crippen MR) is 81.0 cm³/mol. The van der Waals surface area contributed by atoms with E-state index in [9.17, 15) is 14.4 Å². The van der Waals surface area contributed by atoms with E-state index >= 15 is 0 Å². The third-order valence-electron chi connectivity index (χ3n) is 3.20. The van der Waals surface area contributed by atoms with Crippen molar-refractivity contribution < 1.29 is 14.4 Å². The van der Waals surface area contributed by atoms with Crippen molar-refractivity contribution in [3.8, 4) is 0 Å². The molecule has 1 aromatic rings. The number of halogens is 1. The van der Waals surface area contributed by atoms with E-state index in [0.717, 1.165) is 0 Å². The number of para-hydroxylation sites is 1. The van der Waals surface area contributed by atoms with Crippen LogP contribution >= 0.6 is 12.4 Å². The van der Waals surface area contributed by atoms with Gasteiger partial charge in [-0.15, -0.1) is 12.4 Å². The Hall–Kier alpha value is -2.08. The summed E-state index contributed by atoms with van der Waals surface area (Å²) in [4.78, 5) is 35.9. The zero-order chi connectivity index (χ0) is 14.5. The summed E-state index contributed by atoms with van der Waals surface area (Å²) in [7, 11) is 0. The van der Waals surface area contributed by atoms with E-state index in [2.05, 4.69) is 5.32 Å². The van der Waals surface area contributed by atoms with Crippen LogP contribution in [-0.2, 0) is 9.59 Å². The smallest absolute Gasteiger partial charge is 0.253 e. The lowest BCUT2D eigenvalue weighted by Crippen LogP contribution is -2.33. The van der Waals surface area contributed by atoms with Crippen LogP contribution in [0.25, 0.3) is 0 Å². The number of nitrogens with two attached hydrogens (primary N) is 1. The maximum absolute atomic E-state index is 11.9. The molecule has 0 spiro atoms. The fourth-order valence-electron chi connectivity index (χ4n) is 2.11. The molecule has 3 N–H and O–H groups in total. The number of nitrogen functional groups attached to an aromatic ring is 1. The summed E-state index contributed by atoms with van der Waals surface area (Å²) in [5.41, 5.74) is 6.56. The van der Waals surface area contributed by atoms with Crippen LogP contribution in [0.4, 0.5) is 5.69 Å². The molecular weight excluding hydrogens is 294 g/mol. The van der Waals surface area contributed by atoms with Crippen LogP contribution in [0.3, 0.4) is 0 Å². The van der Waals surface area contributed by atoms with Gasteiger partial charge in [0.15, 0.2) is 0 Å². The maximum atomic E-state index is 11.9. The first kappa shape index (κ1) is 17.0. The normalized spacial score (nSPS) is 14.0. The molecule has 0 aliphatic carbocycles. The van der Waals surface area contributed by atoms with E-state index < -0.39 is 0 Å². The molecule has 6 nitrogen and oxygen atoms in total. The summed E-state index contributed by atoms with van der Waals surface area (Å²) in [6.07, 6.45) is 1.13. The number of hydrogen-bond donors (Lipinski definition) is 2. The van der Waals surface area contributed by atoms with Crippen molar-refractivity contribution in [2.75, 3.05) is 18.8 Å². The molecule has 1 aliphatic heterocycles. The number of rotatable bonds is 5. The number of amides is 3. The van der Waals surface area contributed by atoms with Crippen molar-refractivity contribution >= 4 is 35.8 Å². The minimum atomic E-state index is -0.248. The fourth-order valence-corrected chi connectivity index (χ4v) is 2.11. The molecule has 0 bridgehead atoms. The van der Waals surface area contributed by atoms with E-state index in [4.69, 9.17) is 5.73 Å². The Morgan fingerprint density at radius 1 is 1.19 bits per heavy atom. The van der Waals surface area contributed by atoms with E-state index in [1.807, 2.05) is 0 Å². The Morgan fingerprint density at radius 3 is 2.43 bits per heavy atom. The number of benzene rings is 1. The van der Waals surface area contributed by atoms with Crippen molar-refractivity contribution in [2.45, 2.75) is 19.3 Å². The van der Waals surface area contributed by atoms with E-state index in [1.165, 1.54) is 4.90 Å². The zero-order valence-electron chi connectivity index (χ0n) is 11.5. The van der Waals surface area contributed by atoms with Gasteiger partial charge in [0.1, 0.15) is 0 Å². The van der Waals surface area contributed by atoms with Gasteiger partial charge < -0.3 is 11.1 Å². The highest BCUT2D eigenvalue weighted by Crippen LogP contribution is 2.12. The summed E-state index contributed by atoms with van der Waals surface area (Å²) in [5, 5.41) is 2.73. The fraction of sp³-hybridized carbons (Fsp3) is 0.357. The average Bonchev–Trinajstić information content (AvgIpc) is 2.75. The number of nitrogens with zero attached hydrogens (tertiary/aromatic N) is 1. The number of hydrogen-bond acceptors (Lipinski definition) is 4. The molecule has 0 radical (unpaired) electrons. The lowest BCUT2D eigenvalue weighted by atomic mass is 10.1. The van der Waals surface area contributed by atoms with Crippen LogP contribution < -0.4 is 11.1 Å². The standard InChI is InChI=1S/C14H17N3O3.ClH/c15-11-5-2-1-4-10(11)14(20)16-8-3-9-17-12(18)6-7-13(17)19;/h1-2,4-5H,3,6-9,15H2,(H,16,20);1H. The number of likely N-dealkylation sites (tertiary alicyclic amines) is 1. The second-order valence-corrected chi connectivity index (χ2v) is 4.64. The second kappa shape index (κ2) is 7.64. The summed E-state index contributed by atoms with van der Waals surface area (Å²) >= 11 is 0. The summed E-state index contributed by atoms with van der Waals surface area (Å²) in [6, 6.07) is 6.82. The number of carbonyl (C=O) groups excluding carboxylic acids is 3. The molecule has 0 atom stereocenters. The number of anilines is 1. The molecule has 7 heteroatoms. The highest BCUT2D eigenvalue weighted by Gasteiger charge is 2.27. The van der Waals surface area contributed by atoms with Gasteiger partial charge >= 0.3 is 0 Å². The Labute approximate surface area is 129 Å². The average molecular weight is 312 g/mol. The monoisotopic (exact) mass is 311 g/mol. The number of imide groups is 1. The molecule has 0 saturated carbocycles. The van der Waals surface area contributed by atoms with Crippen LogP contribution in [0.2, 0.25) is 0 Å². The SMILES string of the molecule is Cl.Nc1ccccc1C(=O)NCCCN1C(=O)CCC1=O. The minimum Gasteiger partial charge on any atom is -0.398 e. The first-order valence-electron chi connectivity index (χ1n) is 6.55. The van der Waals surface area contributed by atoms with Gasteiger partial charge in [-0.05, 0) is 18.6 Å². The van der Waals surface area contributed by atoms with Crippen molar-refractivity contribution in [3.05, 3.63) is 29.8 Å². The van der Waals surface area contributed by atoms with Crippen LogP contribution in [0.1, 0.15) is 29.6 Å². The molecule has 1 aliphatic rings. The molecule has 114 valence electrons. The molecule has 1 saturated heterocycles. The molecule has 21 heavy (non-hydrogen) atoms. The number of carbonyl (C=O) groups is 3. The molecule has 0 aromatic heterocycles. The maximum Gasteiger partial charge on any atom is 0.253 e. The van der Waals surface area contributed by atoms with E-state index in [0.29, 0.717) is 43.6 Å². The largest absolute Gasteiger partial charge is 0.398 e. The second-order valence-electron chi connectivity index (χ2n) is 4.64. The number of nitrogens with one attached hydrogen (secondary N) is 1. The van der Waals surface area contributed by atoms with Gasteiger partial charge in [-0.2, -0.15) is 0 Å². The van der Waals surface area contributed by atoms with E-state index in [-0.39, 0.29) is 30.1 Å².